The first-order valence-electron chi connectivity index (χ1n) is 9.56. The van der Waals surface area contributed by atoms with Crippen LogP contribution in [0.4, 0.5) is 11.4 Å². The molecule has 0 saturated carbocycles. The Labute approximate surface area is 178 Å². The highest BCUT2D eigenvalue weighted by Crippen LogP contribution is 2.42. The first-order valence-corrected chi connectivity index (χ1v) is 9.56. The number of aryl methyl sites for hydroxylation is 1. The number of carbonyl (C=O) groups is 2. The average molecular weight is 414 g/mol. The van der Waals surface area contributed by atoms with Gasteiger partial charge in [-0.3, -0.25) is 24.6 Å². The molecule has 31 heavy (non-hydrogen) atoms. The number of Topliss-reactive ketones (excluding diaryl/α,β-unsaturated/α-hetero) is 1. The zero-order valence-electron chi connectivity index (χ0n) is 16.6. The number of non-ortho nitro benzene ring substituents is 1. The van der Waals surface area contributed by atoms with Crippen LogP contribution in [0, 0.1) is 17.0 Å². The van der Waals surface area contributed by atoms with Crippen molar-refractivity contribution < 1.29 is 19.6 Å². The van der Waals surface area contributed by atoms with E-state index in [4.69, 9.17) is 0 Å². The van der Waals surface area contributed by atoms with Crippen molar-refractivity contribution in [2.75, 3.05) is 4.90 Å². The maximum absolute atomic E-state index is 13.0. The van der Waals surface area contributed by atoms with Gasteiger partial charge in [0.25, 0.3) is 17.4 Å². The zero-order valence-corrected chi connectivity index (χ0v) is 16.6. The van der Waals surface area contributed by atoms with E-state index in [9.17, 15) is 24.8 Å². The second kappa shape index (κ2) is 7.87. The molecule has 3 aromatic rings. The number of nitro groups is 1. The Balaban J connectivity index is 1.94. The standard InChI is InChI=1S/C24H18N2O5/c1-15-6-5-9-19(14-15)25-21(16-10-12-18(13-11-16)26(30)31)20(23(28)24(25)29)22(27)17-7-3-2-4-8-17/h2-14,21,27H,1H3/b22-20+/t21-/m1/s1. The number of amides is 1. The second-order valence-electron chi connectivity index (χ2n) is 7.22. The van der Waals surface area contributed by atoms with Gasteiger partial charge in [-0.1, -0.05) is 42.5 Å². The van der Waals surface area contributed by atoms with Crippen molar-refractivity contribution in [1.29, 1.82) is 0 Å². The van der Waals surface area contributed by atoms with Crippen molar-refractivity contribution >= 4 is 28.8 Å². The van der Waals surface area contributed by atoms with Gasteiger partial charge in [0.15, 0.2) is 0 Å². The van der Waals surface area contributed by atoms with Crippen LogP contribution in [0.2, 0.25) is 0 Å². The van der Waals surface area contributed by atoms with Crippen LogP contribution in [0.5, 0.6) is 0 Å². The highest BCUT2D eigenvalue weighted by atomic mass is 16.6. The molecular weight excluding hydrogens is 396 g/mol. The Hall–Kier alpha value is -4.26. The van der Waals surface area contributed by atoms with Gasteiger partial charge < -0.3 is 5.11 Å². The summed E-state index contributed by atoms with van der Waals surface area (Å²) in [4.78, 5) is 37.9. The molecule has 1 aliphatic rings. The summed E-state index contributed by atoms with van der Waals surface area (Å²) in [5.74, 6) is -1.88. The molecule has 7 heteroatoms. The van der Waals surface area contributed by atoms with Crippen LogP contribution in [0.15, 0.2) is 84.4 Å². The molecule has 4 rings (SSSR count). The Morgan fingerprint density at radius 1 is 0.968 bits per heavy atom. The van der Waals surface area contributed by atoms with E-state index < -0.39 is 22.7 Å². The SMILES string of the molecule is Cc1cccc(N2C(=O)C(=O)/C(=C(/O)c3ccccc3)[C@H]2c2ccc([N+](=O)[O-])cc2)c1. The fourth-order valence-corrected chi connectivity index (χ4v) is 3.72. The molecule has 1 amide bonds. The number of hydrogen-bond donors (Lipinski definition) is 1. The molecule has 7 nitrogen and oxygen atoms in total. The van der Waals surface area contributed by atoms with E-state index in [-0.39, 0.29) is 17.0 Å². The van der Waals surface area contributed by atoms with Crippen LogP contribution in [0.3, 0.4) is 0 Å². The number of anilines is 1. The summed E-state index contributed by atoms with van der Waals surface area (Å²) in [6.07, 6.45) is 0. The van der Waals surface area contributed by atoms with Crippen LogP contribution in [-0.2, 0) is 9.59 Å². The second-order valence-corrected chi connectivity index (χ2v) is 7.22. The number of aliphatic hydroxyl groups excluding tert-OH is 1. The van der Waals surface area contributed by atoms with Gasteiger partial charge in [0.05, 0.1) is 16.5 Å². The van der Waals surface area contributed by atoms with Gasteiger partial charge in [-0.25, -0.2) is 0 Å². The van der Waals surface area contributed by atoms with Crippen molar-refractivity contribution in [3.8, 4) is 0 Å². The molecule has 154 valence electrons. The fourth-order valence-electron chi connectivity index (χ4n) is 3.72. The number of carbonyl (C=O) groups excluding carboxylic acids is 2. The third-order valence-corrected chi connectivity index (χ3v) is 5.19. The summed E-state index contributed by atoms with van der Waals surface area (Å²) in [6, 6.07) is 20.3. The Morgan fingerprint density at radius 3 is 2.26 bits per heavy atom. The number of rotatable bonds is 4. The van der Waals surface area contributed by atoms with Crippen LogP contribution in [0.1, 0.15) is 22.7 Å². The van der Waals surface area contributed by atoms with Crippen LogP contribution in [-0.4, -0.2) is 21.7 Å². The minimum absolute atomic E-state index is 0.0634. The molecule has 0 radical (unpaired) electrons. The van der Waals surface area contributed by atoms with Gasteiger partial charge in [0, 0.05) is 23.4 Å². The van der Waals surface area contributed by atoms with E-state index in [1.165, 1.54) is 29.2 Å². The number of benzene rings is 3. The van der Waals surface area contributed by atoms with E-state index in [2.05, 4.69) is 0 Å². The monoisotopic (exact) mass is 414 g/mol. The van der Waals surface area contributed by atoms with E-state index in [0.717, 1.165) is 5.56 Å². The quantitative estimate of drug-likeness (QED) is 0.222. The van der Waals surface area contributed by atoms with Gasteiger partial charge in [0.2, 0.25) is 0 Å². The normalized spacial score (nSPS) is 17.7. The van der Waals surface area contributed by atoms with Gasteiger partial charge in [0.1, 0.15) is 5.76 Å². The molecule has 1 aliphatic heterocycles. The molecule has 0 aliphatic carbocycles. The topological polar surface area (TPSA) is 101 Å². The lowest BCUT2D eigenvalue weighted by atomic mass is 9.95. The third-order valence-electron chi connectivity index (χ3n) is 5.19. The van der Waals surface area contributed by atoms with Crippen LogP contribution < -0.4 is 4.90 Å². The van der Waals surface area contributed by atoms with Gasteiger partial charge >= 0.3 is 0 Å². The molecule has 1 heterocycles. The summed E-state index contributed by atoms with van der Waals surface area (Å²) in [5.41, 5.74) is 2.09. The summed E-state index contributed by atoms with van der Waals surface area (Å²) < 4.78 is 0. The third kappa shape index (κ3) is 3.57. The number of nitro benzene ring substituents is 1. The summed E-state index contributed by atoms with van der Waals surface area (Å²) in [7, 11) is 0. The van der Waals surface area contributed by atoms with E-state index in [1.54, 1.807) is 48.5 Å². The lowest BCUT2D eigenvalue weighted by molar-refractivity contribution is -0.384. The first-order chi connectivity index (χ1) is 14.9. The average Bonchev–Trinajstić information content (AvgIpc) is 3.04. The summed E-state index contributed by atoms with van der Waals surface area (Å²) in [5, 5.41) is 22.0. The van der Waals surface area contributed by atoms with Crippen LogP contribution >= 0.6 is 0 Å². The maximum atomic E-state index is 13.0. The summed E-state index contributed by atoms with van der Waals surface area (Å²) in [6.45, 7) is 1.87. The van der Waals surface area contributed by atoms with E-state index in [0.29, 0.717) is 16.8 Å². The number of nitrogens with zero attached hydrogens (tertiary/aromatic N) is 2. The molecule has 0 spiro atoms. The molecular formula is C24H18N2O5. The molecule has 1 atom stereocenters. The zero-order chi connectivity index (χ0) is 22.1. The number of ketones is 1. The Bertz CT molecular complexity index is 1220. The molecule has 1 saturated heterocycles. The predicted octanol–water partition coefficient (Wildman–Crippen LogP) is 4.53. The van der Waals surface area contributed by atoms with Crippen LogP contribution in [0.25, 0.3) is 5.76 Å². The van der Waals surface area contributed by atoms with Crippen molar-refractivity contribution in [2.45, 2.75) is 13.0 Å². The van der Waals surface area contributed by atoms with E-state index in [1.807, 2.05) is 13.0 Å². The van der Waals surface area contributed by atoms with E-state index >= 15 is 0 Å². The predicted molar refractivity (Wildman–Crippen MR) is 116 cm³/mol. The van der Waals surface area contributed by atoms with Gasteiger partial charge in [-0.05, 0) is 42.3 Å². The van der Waals surface area contributed by atoms with Gasteiger partial charge in [-0.15, -0.1) is 0 Å². The lowest BCUT2D eigenvalue weighted by Crippen LogP contribution is -2.29. The largest absolute Gasteiger partial charge is 0.507 e. The molecule has 0 bridgehead atoms. The minimum atomic E-state index is -0.928. The highest BCUT2D eigenvalue weighted by molar-refractivity contribution is 6.51. The molecule has 1 N–H and O–H groups in total. The van der Waals surface area contributed by atoms with Crippen molar-refractivity contribution in [1.82, 2.24) is 0 Å². The molecule has 0 aromatic heterocycles. The molecule has 3 aromatic carbocycles. The summed E-state index contributed by atoms with van der Waals surface area (Å²) >= 11 is 0. The molecule has 0 unspecified atom stereocenters. The maximum Gasteiger partial charge on any atom is 0.300 e. The first kappa shape index (κ1) is 20.0. The van der Waals surface area contributed by atoms with Crippen molar-refractivity contribution in [3.63, 3.8) is 0 Å². The highest BCUT2D eigenvalue weighted by Gasteiger charge is 2.47. The Morgan fingerprint density at radius 2 is 1.65 bits per heavy atom. The number of hydrogen-bond acceptors (Lipinski definition) is 5. The number of aliphatic hydroxyl groups is 1. The Kier molecular flexibility index (Phi) is 5.09. The van der Waals surface area contributed by atoms with Crippen molar-refractivity contribution in [2.24, 2.45) is 0 Å². The smallest absolute Gasteiger partial charge is 0.300 e. The fraction of sp³-hybridized carbons (Fsp3) is 0.0833. The molecule has 1 fully saturated rings. The van der Waals surface area contributed by atoms with Crippen molar-refractivity contribution in [3.05, 3.63) is 111 Å². The lowest BCUT2D eigenvalue weighted by Gasteiger charge is -2.25. The van der Waals surface area contributed by atoms with Gasteiger partial charge in [-0.2, -0.15) is 0 Å². The minimum Gasteiger partial charge on any atom is -0.507 e.